The Hall–Kier alpha value is -0.820. The molecular weight excluding hydrogens is 242 g/mol. The van der Waals surface area contributed by atoms with Crippen LogP contribution < -0.4 is 0 Å². The zero-order chi connectivity index (χ0) is 14.5. The van der Waals surface area contributed by atoms with Crippen molar-refractivity contribution in [2.24, 2.45) is 0 Å². The van der Waals surface area contributed by atoms with Gasteiger partial charge in [0.1, 0.15) is 0 Å². The zero-order valence-corrected chi connectivity index (χ0v) is 13.6. The Morgan fingerprint density at radius 2 is 1.35 bits per heavy atom. The minimum atomic E-state index is 1.23. The summed E-state index contributed by atoms with van der Waals surface area (Å²) in [5.74, 6) is 0. The van der Waals surface area contributed by atoms with Gasteiger partial charge in [0, 0.05) is 0 Å². The molecule has 1 rings (SSSR count). The third kappa shape index (κ3) is 9.14. The Labute approximate surface area is 126 Å². The molecule has 1 nitrogen and oxygen atoms in total. The minimum Gasteiger partial charge on any atom is -0.306 e. The number of aryl methyl sites for hydroxylation is 1. The Morgan fingerprint density at radius 1 is 0.750 bits per heavy atom. The van der Waals surface area contributed by atoms with Crippen molar-refractivity contribution in [3.63, 3.8) is 0 Å². The van der Waals surface area contributed by atoms with Crippen LogP contribution in [0.5, 0.6) is 0 Å². The molecule has 0 fully saturated rings. The molecule has 0 amide bonds. The Balaban J connectivity index is 1.91. The van der Waals surface area contributed by atoms with E-state index >= 15 is 0 Å². The third-order valence-corrected chi connectivity index (χ3v) is 3.99. The van der Waals surface area contributed by atoms with E-state index < -0.39 is 0 Å². The number of unbranched alkanes of at least 4 members (excludes halogenated alkanes) is 6. The van der Waals surface area contributed by atoms with E-state index in [4.69, 9.17) is 0 Å². The largest absolute Gasteiger partial charge is 0.306 e. The molecular formula is C19H33N. The molecule has 1 aromatic rings. The highest BCUT2D eigenvalue weighted by atomic mass is 15.1. The highest BCUT2D eigenvalue weighted by Crippen LogP contribution is 2.07. The first-order valence-corrected chi connectivity index (χ1v) is 8.55. The lowest BCUT2D eigenvalue weighted by Crippen LogP contribution is -2.21. The summed E-state index contributed by atoms with van der Waals surface area (Å²) in [6.07, 6.45) is 12.3. The molecule has 114 valence electrons. The van der Waals surface area contributed by atoms with Crippen molar-refractivity contribution in [1.82, 2.24) is 4.90 Å². The first-order chi connectivity index (χ1) is 9.83. The first kappa shape index (κ1) is 17.2. The van der Waals surface area contributed by atoms with Crippen LogP contribution in [0.3, 0.4) is 0 Å². The van der Waals surface area contributed by atoms with Crippen LogP contribution in [0.4, 0.5) is 0 Å². The molecule has 0 bridgehead atoms. The Bertz CT molecular complexity index is 307. The molecule has 0 heterocycles. The zero-order valence-electron chi connectivity index (χ0n) is 13.6. The van der Waals surface area contributed by atoms with Gasteiger partial charge in [0.15, 0.2) is 0 Å². The molecule has 0 saturated heterocycles. The summed E-state index contributed by atoms with van der Waals surface area (Å²) >= 11 is 0. The van der Waals surface area contributed by atoms with E-state index in [1.54, 1.807) is 0 Å². The van der Waals surface area contributed by atoms with Crippen LogP contribution in [-0.4, -0.2) is 25.0 Å². The molecule has 0 radical (unpaired) electrons. The Kier molecular flexibility index (Phi) is 10.3. The van der Waals surface area contributed by atoms with Crippen LogP contribution >= 0.6 is 0 Å². The van der Waals surface area contributed by atoms with Gasteiger partial charge in [-0.15, -0.1) is 0 Å². The number of hydrogen-bond acceptors (Lipinski definition) is 1. The van der Waals surface area contributed by atoms with Gasteiger partial charge in [0.05, 0.1) is 0 Å². The first-order valence-electron chi connectivity index (χ1n) is 8.55. The molecule has 0 unspecified atom stereocenters. The molecule has 0 atom stereocenters. The summed E-state index contributed by atoms with van der Waals surface area (Å²) < 4.78 is 0. The lowest BCUT2D eigenvalue weighted by Gasteiger charge is -2.16. The normalized spacial score (nSPS) is 11.2. The fourth-order valence-corrected chi connectivity index (χ4v) is 2.63. The molecule has 20 heavy (non-hydrogen) atoms. The van der Waals surface area contributed by atoms with Gasteiger partial charge < -0.3 is 4.90 Å². The van der Waals surface area contributed by atoms with E-state index in [-0.39, 0.29) is 0 Å². The van der Waals surface area contributed by atoms with Gasteiger partial charge in [-0.05, 0) is 51.4 Å². The van der Waals surface area contributed by atoms with Crippen molar-refractivity contribution in [1.29, 1.82) is 0 Å². The second-order valence-electron chi connectivity index (χ2n) is 6.01. The average Bonchev–Trinajstić information content (AvgIpc) is 2.48. The lowest BCUT2D eigenvalue weighted by molar-refractivity contribution is 0.316. The van der Waals surface area contributed by atoms with Crippen LogP contribution in [0.2, 0.25) is 0 Å². The predicted octanol–water partition coefficient (Wildman–Crippen LogP) is 5.30. The smallest absolute Gasteiger partial charge is 0.00217 e. The maximum atomic E-state index is 2.50. The van der Waals surface area contributed by atoms with Crippen LogP contribution in [0.1, 0.15) is 63.9 Å². The molecule has 1 aromatic carbocycles. The monoisotopic (exact) mass is 275 g/mol. The molecule has 0 aromatic heterocycles. The second-order valence-corrected chi connectivity index (χ2v) is 6.01. The summed E-state index contributed by atoms with van der Waals surface area (Å²) in [5.41, 5.74) is 1.48. The van der Waals surface area contributed by atoms with Crippen LogP contribution in [0.15, 0.2) is 30.3 Å². The number of hydrogen-bond donors (Lipinski definition) is 0. The van der Waals surface area contributed by atoms with E-state index in [2.05, 4.69) is 49.2 Å². The van der Waals surface area contributed by atoms with Gasteiger partial charge in [-0.25, -0.2) is 0 Å². The van der Waals surface area contributed by atoms with Crippen molar-refractivity contribution < 1.29 is 0 Å². The van der Waals surface area contributed by atoms with Gasteiger partial charge in [-0.3, -0.25) is 0 Å². The summed E-state index contributed by atoms with van der Waals surface area (Å²) in [6.45, 7) is 4.81. The van der Waals surface area contributed by atoms with E-state index in [0.29, 0.717) is 0 Å². The molecule has 0 N–H and O–H groups in total. The van der Waals surface area contributed by atoms with Crippen molar-refractivity contribution >= 4 is 0 Å². The predicted molar refractivity (Wildman–Crippen MR) is 90.3 cm³/mol. The van der Waals surface area contributed by atoms with Gasteiger partial charge in [-0.1, -0.05) is 69.4 Å². The van der Waals surface area contributed by atoms with E-state index in [1.807, 2.05) is 0 Å². The Morgan fingerprint density at radius 3 is 2.05 bits per heavy atom. The second kappa shape index (κ2) is 12.0. The van der Waals surface area contributed by atoms with Crippen molar-refractivity contribution in [3.05, 3.63) is 35.9 Å². The third-order valence-electron chi connectivity index (χ3n) is 3.99. The molecule has 0 aliphatic carbocycles. The topological polar surface area (TPSA) is 3.24 Å². The van der Waals surface area contributed by atoms with Crippen molar-refractivity contribution in [2.45, 2.75) is 64.7 Å². The minimum absolute atomic E-state index is 1.23. The highest BCUT2D eigenvalue weighted by molar-refractivity contribution is 5.14. The fourth-order valence-electron chi connectivity index (χ4n) is 2.63. The van der Waals surface area contributed by atoms with Gasteiger partial charge >= 0.3 is 0 Å². The van der Waals surface area contributed by atoms with Crippen molar-refractivity contribution in [2.75, 3.05) is 20.1 Å². The number of nitrogens with zero attached hydrogens (tertiary/aromatic N) is 1. The average molecular weight is 275 g/mol. The summed E-state index contributed by atoms with van der Waals surface area (Å²) in [4.78, 5) is 2.50. The molecule has 0 aliphatic rings. The van der Waals surface area contributed by atoms with Crippen LogP contribution in [0.25, 0.3) is 0 Å². The van der Waals surface area contributed by atoms with Gasteiger partial charge in [0.25, 0.3) is 0 Å². The molecule has 1 heteroatoms. The quantitative estimate of drug-likeness (QED) is 0.468. The molecule has 0 spiro atoms. The highest BCUT2D eigenvalue weighted by Gasteiger charge is 1.99. The van der Waals surface area contributed by atoms with Crippen LogP contribution in [0, 0.1) is 0 Å². The van der Waals surface area contributed by atoms with Gasteiger partial charge in [-0.2, -0.15) is 0 Å². The molecule has 0 saturated carbocycles. The fraction of sp³-hybridized carbons (Fsp3) is 0.684. The van der Waals surface area contributed by atoms with E-state index in [0.717, 1.165) is 0 Å². The maximum Gasteiger partial charge on any atom is -0.00217 e. The standard InChI is InChI=1S/C19H33N/c1-3-4-5-6-7-12-17-20(2)18-13-11-16-19-14-9-8-10-15-19/h8-10,14-15H,3-7,11-13,16-18H2,1-2H3. The SMILES string of the molecule is CCCCCCCCN(C)CCCCc1ccccc1. The lowest BCUT2D eigenvalue weighted by atomic mass is 10.1. The maximum absolute atomic E-state index is 2.50. The van der Waals surface area contributed by atoms with Gasteiger partial charge in [0.2, 0.25) is 0 Å². The summed E-state index contributed by atoms with van der Waals surface area (Å²) in [5, 5.41) is 0. The molecule has 0 aliphatic heterocycles. The van der Waals surface area contributed by atoms with E-state index in [9.17, 15) is 0 Å². The number of benzene rings is 1. The number of rotatable bonds is 12. The summed E-state index contributed by atoms with van der Waals surface area (Å²) in [7, 11) is 2.27. The summed E-state index contributed by atoms with van der Waals surface area (Å²) in [6, 6.07) is 10.8. The van der Waals surface area contributed by atoms with E-state index in [1.165, 1.54) is 76.4 Å². The van der Waals surface area contributed by atoms with Crippen molar-refractivity contribution in [3.8, 4) is 0 Å². The van der Waals surface area contributed by atoms with Crippen LogP contribution in [-0.2, 0) is 6.42 Å².